The molecule has 0 aromatic heterocycles. The number of hydrogen-bond donors (Lipinski definition) is 1. The third-order valence-electron chi connectivity index (χ3n) is 5.51. The average molecular weight is 411 g/mol. The smallest absolute Gasteiger partial charge is 0.282 e. The van der Waals surface area contributed by atoms with E-state index >= 15 is 0 Å². The Balaban J connectivity index is 1.62. The molecule has 5 nitrogen and oxygen atoms in total. The Morgan fingerprint density at radius 1 is 1.30 bits per heavy atom. The Labute approximate surface area is 163 Å². The van der Waals surface area contributed by atoms with Gasteiger partial charge in [0.1, 0.15) is 11.6 Å². The summed E-state index contributed by atoms with van der Waals surface area (Å²) in [5.41, 5.74) is 1.87. The number of halogens is 2. The van der Waals surface area contributed by atoms with Gasteiger partial charge in [0.15, 0.2) is 0 Å². The van der Waals surface area contributed by atoms with E-state index < -0.39 is 16.0 Å². The quantitative estimate of drug-likeness (QED) is 0.840. The lowest BCUT2D eigenvalue weighted by molar-refractivity contribution is 0.309. The van der Waals surface area contributed by atoms with Gasteiger partial charge in [-0.3, -0.25) is 0 Å². The van der Waals surface area contributed by atoms with Gasteiger partial charge in [-0.1, -0.05) is 23.7 Å². The van der Waals surface area contributed by atoms with E-state index in [9.17, 15) is 17.9 Å². The van der Waals surface area contributed by atoms with Crippen LogP contribution in [0.1, 0.15) is 29.5 Å². The van der Waals surface area contributed by atoms with Gasteiger partial charge < -0.3 is 5.11 Å². The lowest BCUT2D eigenvalue weighted by Crippen LogP contribution is -2.47. The highest BCUT2D eigenvalue weighted by Crippen LogP contribution is 2.53. The summed E-state index contributed by atoms with van der Waals surface area (Å²) in [4.78, 5) is 0. The molecule has 0 atom stereocenters. The summed E-state index contributed by atoms with van der Waals surface area (Å²) >= 11 is 6.05. The van der Waals surface area contributed by atoms with Crippen molar-refractivity contribution in [3.05, 3.63) is 63.9 Å². The standard InChI is InChI=1S/C19H20ClFN2O3S/c1-22(11-15-17(20)3-2-4-18(15)21)27(25,26)23-10-13-5-6-14(24)9-16(13)19(12-23)7-8-19/h2-6,9,24H,7-8,10-12H2,1H3. The van der Waals surface area contributed by atoms with Crippen molar-refractivity contribution in [3.8, 4) is 5.75 Å². The topological polar surface area (TPSA) is 60.9 Å². The molecular weight excluding hydrogens is 391 g/mol. The molecule has 2 aromatic carbocycles. The van der Waals surface area contributed by atoms with Crippen LogP contribution in [0, 0.1) is 5.82 Å². The van der Waals surface area contributed by atoms with Crippen molar-refractivity contribution >= 4 is 21.8 Å². The molecule has 0 unspecified atom stereocenters. The Bertz CT molecular complexity index is 988. The zero-order valence-corrected chi connectivity index (χ0v) is 16.4. The number of aromatic hydroxyl groups is 1. The normalized spacial score (nSPS) is 18.7. The molecule has 0 bridgehead atoms. The highest BCUT2D eigenvalue weighted by molar-refractivity contribution is 7.86. The maximum Gasteiger partial charge on any atom is 0.282 e. The molecule has 1 heterocycles. The fraction of sp³-hybridized carbons (Fsp3) is 0.368. The molecule has 2 aromatic rings. The van der Waals surface area contributed by atoms with Crippen molar-refractivity contribution < 1.29 is 17.9 Å². The van der Waals surface area contributed by atoms with E-state index in [1.54, 1.807) is 24.3 Å². The molecule has 1 aliphatic carbocycles. The molecule has 27 heavy (non-hydrogen) atoms. The minimum atomic E-state index is -3.80. The SMILES string of the molecule is CN(Cc1c(F)cccc1Cl)S(=O)(=O)N1Cc2ccc(O)cc2C2(CC2)C1. The molecule has 0 amide bonds. The Morgan fingerprint density at radius 2 is 2.04 bits per heavy atom. The summed E-state index contributed by atoms with van der Waals surface area (Å²) in [6, 6.07) is 9.40. The minimum absolute atomic E-state index is 0.139. The number of phenols is 1. The second kappa shape index (κ2) is 6.44. The van der Waals surface area contributed by atoms with Gasteiger partial charge in [-0.2, -0.15) is 17.0 Å². The van der Waals surface area contributed by atoms with Gasteiger partial charge in [0, 0.05) is 42.7 Å². The van der Waals surface area contributed by atoms with Gasteiger partial charge in [0.2, 0.25) is 0 Å². The molecule has 0 radical (unpaired) electrons. The maximum atomic E-state index is 14.1. The van der Waals surface area contributed by atoms with Crippen LogP contribution in [-0.2, 0) is 28.7 Å². The lowest BCUT2D eigenvalue weighted by atomic mass is 9.88. The fourth-order valence-electron chi connectivity index (χ4n) is 3.79. The lowest BCUT2D eigenvalue weighted by Gasteiger charge is -2.36. The van der Waals surface area contributed by atoms with Gasteiger partial charge in [0.25, 0.3) is 10.2 Å². The Hall–Kier alpha value is -1.67. The monoisotopic (exact) mass is 410 g/mol. The average Bonchev–Trinajstić information content (AvgIpc) is 3.38. The maximum absolute atomic E-state index is 14.1. The van der Waals surface area contributed by atoms with Crippen molar-refractivity contribution in [2.45, 2.75) is 31.3 Å². The zero-order valence-electron chi connectivity index (χ0n) is 14.8. The molecular formula is C19H20ClFN2O3S. The van der Waals surface area contributed by atoms with Gasteiger partial charge in [-0.05, 0) is 48.2 Å². The van der Waals surface area contributed by atoms with E-state index in [1.165, 1.54) is 23.5 Å². The van der Waals surface area contributed by atoms with Gasteiger partial charge in [0.05, 0.1) is 0 Å². The van der Waals surface area contributed by atoms with Crippen LogP contribution in [-0.4, -0.2) is 35.7 Å². The van der Waals surface area contributed by atoms with Crippen molar-refractivity contribution in [3.63, 3.8) is 0 Å². The van der Waals surface area contributed by atoms with Crippen LogP contribution in [0.2, 0.25) is 5.02 Å². The number of fused-ring (bicyclic) bond motifs is 2. The van der Waals surface area contributed by atoms with Crippen LogP contribution >= 0.6 is 11.6 Å². The largest absolute Gasteiger partial charge is 0.508 e. The summed E-state index contributed by atoms with van der Waals surface area (Å²) in [7, 11) is -2.36. The number of nitrogens with zero attached hydrogens (tertiary/aromatic N) is 2. The molecule has 1 N–H and O–H groups in total. The Morgan fingerprint density at radius 3 is 2.70 bits per heavy atom. The third kappa shape index (κ3) is 3.23. The van der Waals surface area contributed by atoms with E-state index in [4.69, 9.17) is 11.6 Å². The van der Waals surface area contributed by atoms with Gasteiger partial charge in [-0.25, -0.2) is 4.39 Å². The summed E-state index contributed by atoms with van der Waals surface area (Å²) < 4.78 is 42.9. The van der Waals surface area contributed by atoms with Gasteiger partial charge >= 0.3 is 0 Å². The first-order chi connectivity index (χ1) is 12.7. The number of benzene rings is 2. The van der Waals surface area contributed by atoms with Crippen molar-refractivity contribution in [1.82, 2.24) is 8.61 Å². The molecule has 1 spiro atoms. The highest BCUT2D eigenvalue weighted by Gasteiger charge is 2.51. The van der Waals surface area contributed by atoms with Crippen LogP contribution in [0.5, 0.6) is 5.75 Å². The summed E-state index contributed by atoms with van der Waals surface area (Å²) in [5, 5.41) is 9.99. The van der Waals surface area contributed by atoms with Crippen molar-refractivity contribution in [2.75, 3.05) is 13.6 Å². The van der Waals surface area contributed by atoms with Gasteiger partial charge in [-0.15, -0.1) is 0 Å². The van der Waals surface area contributed by atoms with E-state index in [-0.39, 0.29) is 34.8 Å². The molecule has 8 heteroatoms. The van der Waals surface area contributed by atoms with Crippen LogP contribution in [0.4, 0.5) is 4.39 Å². The summed E-state index contributed by atoms with van der Waals surface area (Å²) in [5.74, 6) is -0.328. The van der Waals surface area contributed by atoms with Crippen LogP contribution in [0.3, 0.4) is 0 Å². The first-order valence-corrected chi connectivity index (χ1v) is 10.5. The van der Waals surface area contributed by atoms with E-state index in [1.807, 2.05) is 0 Å². The predicted molar refractivity (Wildman–Crippen MR) is 101 cm³/mol. The molecule has 1 saturated carbocycles. The molecule has 1 fully saturated rings. The third-order valence-corrected chi connectivity index (χ3v) is 7.69. The molecule has 0 saturated heterocycles. The second-order valence-electron chi connectivity index (χ2n) is 7.35. The predicted octanol–water partition coefficient (Wildman–Crippen LogP) is 3.41. The van der Waals surface area contributed by atoms with E-state index in [0.717, 1.165) is 28.3 Å². The van der Waals surface area contributed by atoms with Crippen LogP contribution in [0.25, 0.3) is 0 Å². The van der Waals surface area contributed by atoms with Crippen molar-refractivity contribution in [2.24, 2.45) is 0 Å². The minimum Gasteiger partial charge on any atom is -0.508 e. The van der Waals surface area contributed by atoms with Crippen LogP contribution in [0.15, 0.2) is 36.4 Å². The first-order valence-electron chi connectivity index (χ1n) is 8.70. The zero-order chi connectivity index (χ0) is 19.4. The molecule has 1 aliphatic heterocycles. The molecule has 4 rings (SSSR count). The fourth-order valence-corrected chi connectivity index (χ4v) is 5.41. The Kier molecular flexibility index (Phi) is 4.46. The highest BCUT2D eigenvalue weighted by atomic mass is 35.5. The first kappa shape index (κ1) is 18.7. The number of rotatable bonds is 4. The van der Waals surface area contributed by atoms with E-state index in [0.29, 0.717) is 6.54 Å². The summed E-state index contributed by atoms with van der Waals surface area (Å²) in [6.07, 6.45) is 1.77. The molecule has 144 valence electrons. The number of hydrogen-bond acceptors (Lipinski definition) is 3. The second-order valence-corrected chi connectivity index (χ2v) is 9.80. The van der Waals surface area contributed by atoms with Crippen molar-refractivity contribution in [1.29, 1.82) is 0 Å². The molecule has 2 aliphatic rings. The number of phenolic OH excluding ortho intramolecular Hbond substituents is 1. The van der Waals surface area contributed by atoms with Crippen LogP contribution < -0.4 is 0 Å². The van der Waals surface area contributed by atoms with E-state index in [2.05, 4.69) is 0 Å². The summed E-state index contributed by atoms with van der Waals surface area (Å²) in [6.45, 7) is 0.454.